The molecule has 8 nitrogen and oxygen atoms in total. The van der Waals surface area contributed by atoms with Crippen molar-refractivity contribution in [2.75, 3.05) is 44.0 Å². The standard InChI is InChI=1S/C34H45N7O/c1-22-18-24(10-11-25(22)23-12-16-40(6)17-13-23)37-31-36-20-26-30(39-31)41(28-19-32(2,3)42-21-33(26,28)4)29-9-7-8-27(38-29)34(35-5)14-15-34/h7-11,18,20,23,28,35H,12-17,19,21H2,1-6H3,(H,36,37,39)/t28-,33-/m1/s1. The molecule has 4 aliphatic rings. The summed E-state index contributed by atoms with van der Waals surface area (Å²) in [5.74, 6) is 3.12. The second kappa shape index (κ2) is 10.00. The van der Waals surface area contributed by atoms with Crippen LogP contribution in [0.4, 0.5) is 23.3 Å². The number of anilines is 4. The Balaban J connectivity index is 1.23. The van der Waals surface area contributed by atoms with Crippen molar-refractivity contribution in [1.82, 2.24) is 25.2 Å². The van der Waals surface area contributed by atoms with Crippen LogP contribution in [0.1, 0.15) is 81.2 Å². The van der Waals surface area contributed by atoms with Crippen LogP contribution < -0.4 is 15.5 Å². The lowest BCUT2D eigenvalue weighted by molar-refractivity contribution is -0.0893. The summed E-state index contributed by atoms with van der Waals surface area (Å²) >= 11 is 0. The van der Waals surface area contributed by atoms with Crippen molar-refractivity contribution in [3.05, 3.63) is 65.0 Å². The van der Waals surface area contributed by atoms with E-state index in [2.05, 4.69) is 91.6 Å². The summed E-state index contributed by atoms with van der Waals surface area (Å²) < 4.78 is 6.40. The quantitative estimate of drug-likeness (QED) is 0.380. The molecule has 2 atom stereocenters. The second-order valence-corrected chi connectivity index (χ2v) is 14.0. The van der Waals surface area contributed by atoms with E-state index in [4.69, 9.17) is 19.7 Å². The van der Waals surface area contributed by atoms with Gasteiger partial charge in [0.15, 0.2) is 0 Å². The van der Waals surface area contributed by atoms with E-state index >= 15 is 0 Å². The maximum Gasteiger partial charge on any atom is 0.229 e. The van der Waals surface area contributed by atoms with Crippen molar-refractivity contribution in [3.63, 3.8) is 0 Å². The SMILES string of the molecule is CNC1(c2cccc(N3c4nc(Nc5ccc(C6CCN(C)CC6)c(C)c5)ncc4[C@@]4(C)COC(C)(C)C[C@@H]34)n2)CC1. The minimum absolute atomic E-state index is 0.00717. The van der Waals surface area contributed by atoms with Gasteiger partial charge in [0.1, 0.15) is 11.6 Å². The van der Waals surface area contributed by atoms with Crippen molar-refractivity contribution in [2.45, 2.75) is 88.3 Å². The maximum absolute atomic E-state index is 6.40. The lowest BCUT2D eigenvalue weighted by atomic mass is 9.73. The van der Waals surface area contributed by atoms with Crippen molar-refractivity contribution in [3.8, 4) is 0 Å². The lowest BCUT2D eigenvalue weighted by Gasteiger charge is -2.46. The number of ether oxygens (including phenoxy) is 1. The van der Waals surface area contributed by atoms with E-state index in [1.165, 1.54) is 37.1 Å². The molecule has 5 heterocycles. The third-order valence-electron chi connectivity index (χ3n) is 10.5. The van der Waals surface area contributed by atoms with E-state index < -0.39 is 0 Å². The number of aromatic nitrogens is 3. The predicted octanol–water partition coefficient (Wildman–Crippen LogP) is 5.92. The predicted molar refractivity (Wildman–Crippen MR) is 168 cm³/mol. The van der Waals surface area contributed by atoms with Crippen LogP contribution >= 0.6 is 0 Å². The fourth-order valence-corrected chi connectivity index (χ4v) is 7.50. The van der Waals surface area contributed by atoms with Crippen molar-refractivity contribution in [1.29, 1.82) is 0 Å². The molecule has 8 heteroatoms. The number of pyridine rings is 1. The van der Waals surface area contributed by atoms with Crippen LogP contribution in [-0.4, -0.2) is 65.3 Å². The first-order valence-corrected chi connectivity index (χ1v) is 15.6. The van der Waals surface area contributed by atoms with Crippen LogP contribution in [0.25, 0.3) is 0 Å². The minimum atomic E-state index is -0.230. The summed E-state index contributed by atoms with van der Waals surface area (Å²) in [4.78, 5) is 20.1. The topological polar surface area (TPSA) is 78.4 Å². The molecule has 3 fully saturated rings. The first-order chi connectivity index (χ1) is 20.1. The molecule has 0 spiro atoms. The molecule has 2 N–H and O–H groups in total. The molecule has 2 aromatic heterocycles. The van der Waals surface area contributed by atoms with Gasteiger partial charge in [-0.05, 0) is 121 Å². The molecule has 2 saturated heterocycles. The molecule has 0 amide bonds. The Morgan fingerprint density at radius 2 is 1.81 bits per heavy atom. The van der Waals surface area contributed by atoms with E-state index in [1.807, 2.05) is 13.2 Å². The first-order valence-electron chi connectivity index (χ1n) is 15.6. The summed E-state index contributed by atoms with van der Waals surface area (Å²) in [6.45, 7) is 11.9. The van der Waals surface area contributed by atoms with Crippen molar-refractivity contribution < 1.29 is 4.74 Å². The number of rotatable bonds is 6. The Morgan fingerprint density at radius 3 is 2.52 bits per heavy atom. The molecule has 1 aromatic carbocycles. The molecule has 222 valence electrons. The van der Waals surface area contributed by atoms with Crippen molar-refractivity contribution >= 4 is 23.3 Å². The molecular formula is C34H45N7O. The van der Waals surface area contributed by atoms with Gasteiger partial charge in [-0.25, -0.2) is 9.97 Å². The van der Waals surface area contributed by atoms with E-state index in [-0.39, 0.29) is 22.6 Å². The molecule has 3 aromatic rings. The van der Waals surface area contributed by atoms with Gasteiger partial charge < -0.3 is 25.2 Å². The van der Waals surface area contributed by atoms with Crippen LogP contribution in [0.15, 0.2) is 42.6 Å². The average Bonchev–Trinajstić information content (AvgIpc) is 3.74. The Kier molecular flexibility index (Phi) is 6.60. The zero-order valence-electron chi connectivity index (χ0n) is 26.0. The van der Waals surface area contributed by atoms with E-state index in [0.717, 1.165) is 47.8 Å². The maximum atomic E-state index is 6.40. The average molecular weight is 568 g/mol. The van der Waals surface area contributed by atoms with E-state index in [1.54, 1.807) is 0 Å². The number of nitrogens with one attached hydrogen (secondary N) is 2. The highest BCUT2D eigenvalue weighted by Crippen LogP contribution is 2.53. The van der Waals surface area contributed by atoms with Crippen molar-refractivity contribution in [2.24, 2.45) is 0 Å². The number of piperidine rings is 1. The Hall–Kier alpha value is -3.07. The van der Waals surface area contributed by atoms with Gasteiger partial charge >= 0.3 is 0 Å². The van der Waals surface area contributed by atoms with E-state index in [9.17, 15) is 0 Å². The van der Waals surface area contributed by atoms with Crippen LogP contribution in [0.2, 0.25) is 0 Å². The fraction of sp³-hybridized carbons (Fsp3) is 0.559. The normalized spacial score (nSPS) is 26.5. The van der Waals surface area contributed by atoms with E-state index in [0.29, 0.717) is 18.5 Å². The lowest BCUT2D eigenvalue weighted by Crippen LogP contribution is -2.54. The first kappa shape index (κ1) is 27.7. The Morgan fingerprint density at radius 1 is 1.02 bits per heavy atom. The third kappa shape index (κ3) is 4.68. The summed E-state index contributed by atoms with van der Waals surface area (Å²) in [7, 11) is 4.26. The van der Waals surface area contributed by atoms with Crippen LogP contribution in [0, 0.1) is 6.92 Å². The highest BCUT2D eigenvalue weighted by Gasteiger charge is 2.55. The van der Waals surface area contributed by atoms with Gasteiger partial charge in [-0.2, -0.15) is 4.98 Å². The van der Waals surface area contributed by atoms with Gasteiger partial charge in [0.25, 0.3) is 0 Å². The molecular weight excluding hydrogens is 522 g/mol. The second-order valence-electron chi connectivity index (χ2n) is 14.0. The minimum Gasteiger partial charge on any atom is -0.374 e. The molecule has 3 aliphatic heterocycles. The number of benzene rings is 1. The highest BCUT2D eigenvalue weighted by atomic mass is 16.5. The molecule has 42 heavy (non-hydrogen) atoms. The number of hydrogen-bond acceptors (Lipinski definition) is 8. The van der Waals surface area contributed by atoms with Crippen LogP contribution in [-0.2, 0) is 15.7 Å². The molecule has 1 aliphatic carbocycles. The number of fused-ring (bicyclic) bond motifs is 3. The van der Waals surface area contributed by atoms with Gasteiger partial charge in [0.2, 0.25) is 5.95 Å². The number of aryl methyl sites for hydroxylation is 1. The van der Waals surface area contributed by atoms with Gasteiger partial charge in [0.05, 0.1) is 29.5 Å². The van der Waals surface area contributed by atoms with Gasteiger partial charge in [-0.1, -0.05) is 19.1 Å². The molecule has 1 saturated carbocycles. The largest absolute Gasteiger partial charge is 0.374 e. The Bertz CT molecular complexity index is 1490. The summed E-state index contributed by atoms with van der Waals surface area (Å²) in [6.07, 6.45) is 7.57. The summed E-state index contributed by atoms with van der Waals surface area (Å²) in [5, 5.41) is 7.04. The third-order valence-corrected chi connectivity index (χ3v) is 10.5. The van der Waals surface area contributed by atoms with Crippen LogP contribution in [0.3, 0.4) is 0 Å². The molecule has 0 unspecified atom stereocenters. The number of likely N-dealkylation sites (tertiary alicyclic amines) is 1. The van der Waals surface area contributed by atoms with Gasteiger partial charge in [-0.3, -0.25) is 0 Å². The number of hydrogen-bond donors (Lipinski definition) is 2. The molecule has 0 radical (unpaired) electrons. The fourth-order valence-electron chi connectivity index (χ4n) is 7.50. The zero-order chi connectivity index (χ0) is 29.3. The molecule has 7 rings (SSSR count). The van der Waals surface area contributed by atoms with Gasteiger partial charge in [0, 0.05) is 22.9 Å². The summed E-state index contributed by atoms with van der Waals surface area (Å²) in [5.41, 5.74) is 5.59. The number of nitrogens with zero attached hydrogens (tertiary/aromatic N) is 5. The van der Waals surface area contributed by atoms with Crippen LogP contribution in [0.5, 0.6) is 0 Å². The zero-order valence-corrected chi connectivity index (χ0v) is 26.0. The highest BCUT2D eigenvalue weighted by molar-refractivity contribution is 5.71. The Labute approximate surface area is 250 Å². The summed E-state index contributed by atoms with van der Waals surface area (Å²) in [6, 6.07) is 13.3. The molecule has 0 bridgehead atoms. The van der Waals surface area contributed by atoms with Gasteiger partial charge in [-0.15, -0.1) is 0 Å². The smallest absolute Gasteiger partial charge is 0.229 e. The monoisotopic (exact) mass is 567 g/mol.